The number of para-hydroxylation sites is 1. The monoisotopic (exact) mass is 628 g/mol. The highest BCUT2D eigenvalue weighted by Gasteiger charge is 2.36. The molecule has 0 radical (unpaired) electrons. The Hall–Kier alpha value is -4.08. The first kappa shape index (κ1) is 32.3. The van der Waals surface area contributed by atoms with Crippen LogP contribution in [-0.2, 0) is 17.5 Å². The van der Waals surface area contributed by atoms with Crippen LogP contribution in [0.15, 0.2) is 82.3 Å². The zero-order chi connectivity index (χ0) is 32.3. The topological polar surface area (TPSA) is 110 Å². The van der Waals surface area contributed by atoms with E-state index < -0.39 is 16.5 Å². The number of nitrogens with two attached hydrogens (primary N) is 1. The van der Waals surface area contributed by atoms with Crippen molar-refractivity contribution < 1.29 is 18.2 Å². The molecule has 0 saturated heterocycles. The molecular formula is C36H44N4O4S. The van der Waals surface area contributed by atoms with Gasteiger partial charge in [-0.3, -0.25) is 4.79 Å². The number of aryl methyl sites for hydroxylation is 1. The van der Waals surface area contributed by atoms with Crippen molar-refractivity contribution in [3.8, 4) is 5.75 Å². The first-order valence-electron chi connectivity index (χ1n) is 15.5. The second kappa shape index (κ2) is 13.5. The van der Waals surface area contributed by atoms with Crippen molar-refractivity contribution >= 4 is 28.3 Å². The Morgan fingerprint density at radius 2 is 1.87 bits per heavy atom. The molecule has 9 heteroatoms. The second-order valence-corrected chi connectivity index (χ2v) is 13.7. The number of anilines is 2. The van der Waals surface area contributed by atoms with Crippen LogP contribution < -0.4 is 21.1 Å². The molecule has 1 aromatic heterocycles. The molecule has 0 bridgehead atoms. The Kier molecular flexibility index (Phi) is 9.70. The van der Waals surface area contributed by atoms with Crippen LogP contribution in [0, 0.1) is 13.8 Å². The minimum absolute atomic E-state index is 0.0783. The number of ether oxygens (including phenoxy) is 1. The van der Waals surface area contributed by atoms with Gasteiger partial charge < -0.3 is 25.5 Å². The average Bonchev–Trinajstić information content (AvgIpc) is 3.52. The number of hydrogen-bond donors (Lipinski definition) is 3. The summed E-state index contributed by atoms with van der Waals surface area (Å²) in [6.45, 7) is 14.1. The number of carbonyl (C=O) groups is 1. The fourth-order valence-corrected chi connectivity index (χ4v) is 7.45. The van der Waals surface area contributed by atoms with E-state index in [1.54, 1.807) is 12.1 Å². The first-order chi connectivity index (χ1) is 21.5. The van der Waals surface area contributed by atoms with Crippen LogP contribution in [0.3, 0.4) is 0 Å². The molecule has 0 fully saturated rings. The van der Waals surface area contributed by atoms with E-state index in [4.69, 9.17) is 14.9 Å². The summed E-state index contributed by atoms with van der Waals surface area (Å²) in [5.74, 6) is 0.373. The van der Waals surface area contributed by atoms with Gasteiger partial charge in [-0.15, -0.1) is 0 Å². The van der Waals surface area contributed by atoms with Crippen molar-refractivity contribution in [2.45, 2.75) is 77.0 Å². The first-order valence-corrected chi connectivity index (χ1v) is 16.7. The lowest BCUT2D eigenvalue weighted by molar-refractivity contribution is 0.0877. The number of carbonyl (C=O) groups excluding carboxylic acids is 1. The van der Waals surface area contributed by atoms with E-state index >= 15 is 0 Å². The van der Waals surface area contributed by atoms with Crippen molar-refractivity contribution in [3.05, 3.63) is 107 Å². The van der Waals surface area contributed by atoms with Gasteiger partial charge >= 0.3 is 0 Å². The molecule has 4 N–H and O–H groups in total. The molecule has 238 valence electrons. The smallest absolute Gasteiger partial charge is 0.287 e. The van der Waals surface area contributed by atoms with Gasteiger partial charge in [0.25, 0.3) is 5.91 Å². The van der Waals surface area contributed by atoms with E-state index in [0.29, 0.717) is 29.4 Å². The largest absolute Gasteiger partial charge is 0.488 e. The van der Waals surface area contributed by atoms with Crippen LogP contribution in [0.1, 0.15) is 78.4 Å². The average molecular weight is 629 g/mol. The maximum absolute atomic E-state index is 13.9. The molecule has 8 nitrogen and oxygen atoms in total. The third-order valence-electron chi connectivity index (χ3n) is 8.62. The lowest BCUT2D eigenvalue weighted by Gasteiger charge is -2.37. The fraction of sp³-hybridized carbons (Fsp3) is 0.361. The number of amides is 1. The Morgan fingerprint density at radius 3 is 2.58 bits per heavy atom. The highest BCUT2D eigenvalue weighted by atomic mass is 32.2. The molecule has 4 aromatic rings. The summed E-state index contributed by atoms with van der Waals surface area (Å²) in [7, 11) is -1.39. The highest BCUT2D eigenvalue weighted by molar-refractivity contribution is 7.82. The van der Waals surface area contributed by atoms with Crippen LogP contribution in [0.4, 0.5) is 11.4 Å². The van der Waals surface area contributed by atoms with Crippen molar-refractivity contribution in [2.24, 2.45) is 0 Å². The molecule has 1 aliphatic rings. The lowest BCUT2D eigenvalue weighted by Crippen LogP contribution is -2.48. The molecule has 1 amide bonds. The fourth-order valence-electron chi connectivity index (χ4n) is 6.13. The third kappa shape index (κ3) is 6.79. The van der Waals surface area contributed by atoms with Gasteiger partial charge in [0.15, 0.2) is 5.76 Å². The SMILES string of the molecule is CCNc1ccc([C@H](c2ccc(C)c(CN3C[C@@H](CC)Oc4ccccc4S3=O)c2)C(C)(C)NC(=O)c2ccco2)c(C)c1N. The van der Waals surface area contributed by atoms with Crippen molar-refractivity contribution in [1.29, 1.82) is 0 Å². The molecule has 1 aliphatic heterocycles. The summed E-state index contributed by atoms with van der Waals surface area (Å²) in [5, 5.41) is 6.58. The second-order valence-electron chi connectivity index (χ2n) is 12.2. The van der Waals surface area contributed by atoms with Gasteiger partial charge in [-0.25, -0.2) is 8.51 Å². The van der Waals surface area contributed by atoms with Gasteiger partial charge in [0.05, 0.1) is 22.5 Å². The summed E-state index contributed by atoms with van der Waals surface area (Å²) >= 11 is 0. The maximum Gasteiger partial charge on any atom is 0.287 e. The minimum Gasteiger partial charge on any atom is -0.488 e. The molecule has 2 heterocycles. The molecule has 0 spiro atoms. The van der Waals surface area contributed by atoms with Gasteiger partial charge in [-0.1, -0.05) is 43.3 Å². The number of furan rings is 1. The van der Waals surface area contributed by atoms with Crippen LogP contribution in [-0.4, -0.2) is 39.2 Å². The van der Waals surface area contributed by atoms with Crippen LogP contribution in [0.2, 0.25) is 0 Å². The van der Waals surface area contributed by atoms with Crippen molar-refractivity contribution in [1.82, 2.24) is 9.62 Å². The number of fused-ring (bicyclic) bond motifs is 1. The van der Waals surface area contributed by atoms with E-state index in [9.17, 15) is 9.00 Å². The molecule has 5 rings (SSSR count). The van der Waals surface area contributed by atoms with Crippen LogP contribution in [0.5, 0.6) is 5.75 Å². The number of nitrogens with one attached hydrogen (secondary N) is 2. The Labute approximate surface area is 268 Å². The summed E-state index contributed by atoms with van der Waals surface area (Å²) in [5.41, 5.74) is 12.6. The Bertz CT molecular complexity index is 1680. The van der Waals surface area contributed by atoms with E-state index in [1.807, 2.05) is 62.3 Å². The van der Waals surface area contributed by atoms with E-state index in [1.165, 1.54) is 6.26 Å². The maximum atomic E-state index is 13.9. The Morgan fingerprint density at radius 1 is 1.09 bits per heavy atom. The predicted molar refractivity (Wildman–Crippen MR) is 181 cm³/mol. The molecule has 3 aromatic carbocycles. The number of benzene rings is 3. The number of rotatable bonds is 10. The molecule has 0 saturated carbocycles. The normalized spacial score (nSPS) is 17.6. The van der Waals surface area contributed by atoms with Gasteiger partial charge in [-0.2, -0.15) is 0 Å². The number of hydrogen-bond acceptors (Lipinski definition) is 6. The molecular weight excluding hydrogens is 584 g/mol. The predicted octanol–water partition coefficient (Wildman–Crippen LogP) is 6.95. The van der Waals surface area contributed by atoms with Crippen LogP contribution in [0.25, 0.3) is 0 Å². The lowest BCUT2D eigenvalue weighted by atomic mass is 9.74. The zero-order valence-corrected chi connectivity index (χ0v) is 27.8. The summed E-state index contributed by atoms with van der Waals surface area (Å²) in [6.07, 6.45) is 2.22. The summed E-state index contributed by atoms with van der Waals surface area (Å²) in [4.78, 5) is 14.0. The van der Waals surface area contributed by atoms with E-state index in [0.717, 1.165) is 46.5 Å². The highest BCUT2D eigenvalue weighted by Crippen LogP contribution is 2.41. The van der Waals surface area contributed by atoms with Gasteiger partial charge in [0, 0.05) is 31.1 Å². The van der Waals surface area contributed by atoms with Gasteiger partial charge in [-0.05, 0) is 99.2 Å². The third-order valence-corrected chi connectivity index (χ3v) is 10.1. The standard InChI is InChI=1S/C36H44N4O4S/c1-7-27-22-40(45(42)32-14-10-9-12-30(32)44-27)21-26-20-25(16-15-23(26)3)33(28-17-18-29(38-8-2)34(37)24(28)4)36(5,6)39-35(41)31-13-11-19-43-31/h9-20,27,33,38H,7-8,21-22,37H2,1-6H3,(H,39,41)/t27-,33+,45?/m1/s1. The molecule has 0 aliphatic carbocycles. The summed E-state index contributed by atoms with van der Waals surface area (Å²) in [6, 6.07) is 21.5. The number of nitrogen functional groups attached to an aromatic ring is 1. The molecule has 1 unspecified atom stereocenters. The van der Waals surface area contributed by atoms with E-state index in [2.05, 4.69) is 48.7 Å². The summed E-state index contributed by atoms with van der Waals surface area (Å²) < 4.78 is 27.6. The zero-order valence-electron chi connectivity index (χ0n) is 27.0. The van der Waals surface area contributed by atoms with E-state index in [-0.39, 0.29) is 23.7 Å². The molecule has 45 heavy (non-hydrogen) atoms. The molecule has 3 atom stereocenters. The quantitative estimate of drug-likeness (QED) is 0.164. The number of nitrogens with zero attached hydrogens (tertiary/aromatic N) is 1. The van der Waals surface area contributed by atoms with Crippen molar-refractivity contribution in [3.63, 3.8) is 0 Å². The van der Waals surface area contributed by atoms with Gasteiger partial charge in [0.2, 0.25) is 0 Å². The minimum atomic E-state index is -1.39. The Balaban J connectivity index is 1.57. The van der Waals surface area contributed by atoms with Crippen molar-refractivity contribution in [2.75, 3.05) is 24.1 Å². The van der Waals surface area contributed by atoms with Gasteiger partial charge in [0.1, 0.15) is 22.8 Å². The van der Waals surface area contributed by atoms with Crippen LogP contribution >= 0.6 is 0 Å².